The highest BCUT2D eigenvalue weighted by Crippen LogP contribution is 2.45. The number of hydrogen-bond donors (Lipinski definition) is 0. The van der Waals surface area contributed by atoms with E-state index in [1.165, 1.54) is 64.2 Å². The third kappa shape index (κ3) is 7.21. The lowest BCUT2D eigenvalue weighted by Gasteiger charge is -2.38. The number of allylic oxidation sites excluding steroid dienone is 2. The molecule has 0 N–H and O–H groups in total. The highest BCUT2D eigenvalue weighted by Gasteiger charge is 2.31. The van der Waals surface area contributed by atoms with Gasteiger partial charge in [0.2, 0.25) is 0 Å². The molecule has 0 amide bonds. The zero-order valence-electron chi connectivity index (χ0n) is 25.5. The molecule has 42 heavy (non-hydrogen) atoms. The molecule has 0 unspecified atom stereocenters. The molecule has 2 saturated carbocycles. The van der Waals surface area contributed by atoms with Crippen molar-refractivity contribution < 1.29 is 13.2 Å². The summed E-state index contributed by atoms with van der Waals surface area (Å²) in [6.07, 6.45) is 20.1. The lowest BCUT2D eigenvalue weighted by Crippen LogP contribution is -2.25. The lowest BCUT2D eigenvalue weighted by atomic mass is 9.68. The summed E-state index contributed by atoms with van der Waals surface area (Å²) in [5.41, 5.74) is 3.52. The largest absolute Gasteiger partial charge is 0.206 e. The van der Waals surface area contributed by atoms with Crippen molar-refractivity contribution in [3.05, 3.63) is 95.3 Å². The van der Waals surface area contributed by atoms with Crippen LogP contribution in [0, 0.1) is 35.2 Å². The van der Waals surface area contributed by atoms with Crippen LogP contribution in [0.5, 0.6) is 0 Å². The highest BCUT2D eigenvalue weighted by atomic mass is 19.2. The van der Waals surface area contributed by atoms with Gasteiger partial charge in [0.25, 0.3) is 0 Å². The van der Waals surface area contributed by atoms with Crippen LogP contribution in [0.3, 0.4) is 0 Å². The standard InChI is InChI=1S/C39H47F3/c1-3-5-7-8-27-10-12-28(13-11-27)29-14-16-30(17-15-29)34-23-24-35(37(40)26-34)31-18-20-32(21-19-31)36-25-22-33(9-6-4-2)38(41)39(36)42/h4,6,18-30H,3,5,7-17H2,1-2H3/b6-4-. The van der Waals surface area contributed by atoms with E-state index in [1.807, 2.05) is 19.1 Å². The summed E-state index contributed by atoms with van der Waals surface area (Å²) in [5.74, 6) is 1.28. The van der Waals surface area contributed by atoms with Gasteiger partial charge < -0.3 is 0 Å². The Labute approximate surface area is 251 Å². The molecule has 0 saturated heterocycles. The first-order valence-electron chi connectivity index (χ1n) is 16.5. The molecule has 2 aliphatic carbocycles. The van der Waals surface area contributed by atoms with Gasteiger partial charge in [-0.25, -0.2) is 13.2 Å². The first-order valence-corrected chi connectivity index (χ1v) is 16.5. The number of halogens is 3. The van der Waals surface area contributed by atoms with Crippen LogP contribution in [0.15, 0.2) is 66.7 Å². The van der Waals surface area contributed by atoms with Crippen LogP contribution in [-0.2, 0) is 6.42 Å². The van der Waals surface area contributed by atoms with Crippen molar-refractivity contribution >= 4 is 0 Å². The van der Waals surface area contributed by atoms with E-state index < -0.39 is 11.6 Å². The molecule has 0 aliphatic heterocycles. The fourth-order valence-corrected chi connectivity index (χ4v) is 7.62. The number of hydrogen-bond acceptors (Lipinski definition) is 0. The Morgan fingerprint density at radius 3 is 1.93 bits per heavy atom. The first-order chi connectivity index (χ1) is 20.5. The van der Waals surface area contributed by atoms with E-state index in [2.05, 4.69) is 13.0 Å². The molecule has 5 rings (SSSR count). The molecule has 0 bridgehead atoms. The molecular formula is C39H47F3. The van der Waals surface area contributed by atoms with Gasteiger partial charge in [-0.3, -0.25) is 0 Å². The second-order valence-corrected chi connectivity index (χ2v) is 12.9. The molecule has 0 radical (unpaired) electrons. The van der Waals surface area contributed by atoms with Gasteiger partial charge in [0.1, 0.15) is 5.82 Å². The Hall–Kier alpha value is -2.81. The van der Waals surface area contributed by atoms with E-state index in [9.17, 15) is 8.78 Å². The Bertz CT molecular complexity index is 1320. The number of benzene rings is 3. The van der Waals surface area contributed by atoms with Gasteiger partial charge in [-0.1, -0.05) is 106 Å². The molecule has 0 heterocycles. The zero-order chi connectivity index (χ0) is 29.5. The average molecular weight is 573 g/mol. The maximum Gasteiger partial charge on any atom is 0.166 e. The fraction of sp³-hybridized carbons (Fsp3) is 0.487. The third-order valence-corrected chi connectivity index (χ3v) is 10.3. The minimum Gasteiger partial charge on any atom is -0.206 e. The SMILES string of the molecule is C/C=C\Cc1ccc(-c2ccc(-c3ccc(C4CCC(C5CCC(CCCCC)CC5)CC4)cc3F)cc2)c(F)c1F. The van der Waals surface area contributed by atoms with Crippen molar-refractivity contribution in [2.75, 3.05) is 0 Å². The molecule has 3 aromatic carbocycles. The Balaban J connectivity index is 1.18. The topological polar surface area (TPSA) is 0 Å². The molecule has 3 heteroatoms. The van der Waals surface area contributed by atoms with E-state index in [0.717, 1.165) is 41.7 Å². The summed E-state index contributed by atoms with van der Waals surface area (Å²) in [5, 5.41) is 0. The average Bonchev–Trinajstić information content (AvgIpc) is 3.02. The number of unbranched alkanes of at least 4 members (excludes halogenated alkanes) is 2. The van der Waals surface area contributed by atoms with Crippen molar-refractivity contribution in [2.24, 2.45) is 17.8 Å². The van der Waals surface area contributed by atoms with E-state index in [4.69, 9.17) is 0 Å². The smallest absolute Gasteiger partial charge is 0.166 e. The molecule has 0 nitrogen and oxygen atoms in total. The van der Waals surface area contributed by atoms with Gasteiger partial charge in [0.15, 0.2) is 11.6 Å². The molecule has 3 aromatic rings. The van der Waals surface area contributed by atoms with Gasteiger partial charge in [0, 0.05) is 11.1 Å². The van der Waals surface area contributed by atoms with Crippen molar-refractivity contribution in [3.8, 4) is 22.3 Å². The van der Waals surface area contributed by atoms with Crippen LogP contribution in [0.1, 0.15) is 108 Å². The second kappa shape index (κ2) is 14.6. The monoisotopic (exact) mass is 572 g/mol. The van der Waals surface area contributed by atoms with Gasteiger partial charge in [-0.2, -0.15) is 0 Å². The van der Waals surface area contributed by atoms with E-state index in [0.29, 0.717) is 29.0 Å². The summed E-state index contributed by atoms with van der Waals surface area (Å²) in [4.78, 5) is 0. The normalized spacial score (nSPS) is 23.0. The molecule has 0 aromatic heterocycles. The van der Waals surface area contributed by atoms with Crippen LogP contribution < -0.4 is 0 Å². The van der Waals surface area contributed by atoms with Crippen molar-refractivity contribution in [1.82, 2.24) is 0 Å². The van der Waals surface area contributed by atoms with Crippen LogP contribution in [0.4, 0.5) is 13.2 Å². The van der Waals surface area contributed by atoms with Gasteiger partial charge in [-0.15, -0.1) is 0 Å². The molecule has 0 atom stereocenters. The molecule has 224 valence electrons. The third-order valence-electron chi connectivity index (χ3n) is 10.3. The van der Waals surface area contributed by atoms with Crippen LogP contribution in [-0.4, -0.2) is 0 Å². The summed E-state index contributed by atoms with van der Waals surface area (Å²) in [7, 11) is 0. The number of rotatable bonds is 10. The van der Waals surface area contributed by atoms with Crippen LogP contribution in [0.2, 0.25) is 0 Å². The first kappa shape index (κ1) is 30.6. The summed E-state index contributed by atoms with van der Waals surface area (Å²) in [6, 6.07) is 16.0. The molecule has 2 fully saturated rings. The van der Waals surface area contributed by atoms with E-state index in [1.54, 1.807) is 48.5 Å². The van der Waals surface area contributed by atoms with Gasteiger partial charge >= 0.3 is 0 Å². The summed E-state index contributed by atoms with van der Waals surface area (Å²) < 4.78 is 44.8. The predicted octanol–water partition coefficient (Wildman–Crippen LogP) is 12.2. The second-order valence-electron chi connectivity index (χ2n) is 12.9. The highest BCUT2D eigenvalue weighted by molar-refractivity contribution is 5.71. The predicted molar refractivity (Wildman–Crippen MR) is 170 cm³/mol. The maximum absolute atomic E-state index is 15.4. The Kier molecular flexibility index (Phi) is 10.6. The Morgan fingerprint density at radius 1 is 0.690 bits per heavy atom. The van der Waals surface area contributed by atoms with E-state index in [-0.39, 0.29) is 11.4 Å². The Morgan fingerprint density at radius 2 is 1.31 bits per heavy atom. The minimum absolute atomic E-state index is 0.214. The van der Waals surface area contributed by atoms with Gasteiger partial charge in [-0.05, 0) is 104 Å². The van der Waals surface area contributed by atoms with Crippen molar-refractivity contribution in [1.29, 1.82) is 0 Å². The van der Waals surface area contributed by atoms with Crippen molar-refractivity contribution in [2.45, 2.75) is 103 Å². The fourth-order valence-electron chi connectivity index (χ4n) is 7.62. The lowest BCUT2D eigenvalue weighted by molar-refractivity contribution is 0.155. The summed E-state index contributed by atoms with van der Waals surface area (Å²) >= 11 is 0. The molecular weight excluding hydrogens is 525 g/mol. The van der Waals surface area contributed by atoms with Crippen LogP contribution >= 0.6 is 0 Å². The van der Waals surface area contributed by atoms with E-state index >= 15 is 4.39 Å². The van der Waals surface area contributed by atoms with Crippen molar-refractivity contribution in [3.63, 3.8) is 0 Å². The summed E-state index contributed by atoms with van der Waals surface area (Å²) in [6.45, 7) is 4.14. The maximum atomic E-state index is 15.4. The zero-order valence-corrected chi connectivity index (χ0v) is 25.5. The molecule has 0 spiro atoms. The van der Waals surface area contributed by atoms with Gasteiger partial charge in [0.05, 0.1) is 0 Å². The minimum atomic E-state index is -0.843. The quantitative estimate of drug-likeness (QED) is 0.167. The van der Waals surface area contributed by atoms with Crippen LogP contribution in [0.25, 0.3) is 22.3 Å². The molecule has 2 aliphatic rings.